The van der Waals surface area contributed by atoms with Gasteiger partial charge in [-0.25, -0.2) is 4.79 Å². The zero-order valence-electron chi connectivity index (χ0n) is 17.6. The summed E-state index contributed by atoms with van der Waals surface area (Å²) < 4.78 is 5.26. The van der Waals surface area contributed by atoms with Crippen LogP contribution in [-0.4, -0.2) is 28.4 Å². The SMILES string of the molecule is C=C1C(C(=O)OCC)=CC(C2CC2)=C2C(C)=C(c3ccc(/C(C)=N/O)cc3)C=CN12. The Labute approximate surface area is 177 Å². The molecule has 2 aliphatic heterocycles. The highest BCUT2D eigenvalue weighted by molar-refractivity contribution is 5.99. The first-order valence-electron chi connectivity index (χ1n) is 10.3. The van der Waals surface area contributed by atoms with E-state index in [1.54, 1.807) is 6.92 Å². The molecule has 30 heavy (non-hydrogen) atoms. The van der Waals surface area contributed by atoms with E-state index in [2.05, 4.69) is 24.7 Å². The second-order valence-corrected chi connectivity index (χ2v) is 7.79. The number of oxime groups is 1. The van der Waals surface area contributed by atoms with Gasteiger partial charge in [0.05, 0.1) is 29.3 Å². The molecule has 1 aromatic rings. The third-order valence-corrected chi connectivity index (χ3v) is 5.84. The number of rotatable bonds is 5. The largest absolute Gasteiger partial charge is 0.462 e. The summed E-state index contributed by atoms with van der Waals surface area (Å²) >= 11 is 0. The van der Waals surface area contributed by atoms with E-state index in [4.69, 9.17) is 9.94 Å². The van der Waals surface area contributed by atoms with Gasteiger partial charge >= 0.3 is 5.97 Å². The van der Waals surface area contributed by atoms with Gasteiger partial charge in [0.1, 0.15) is 0 Å². The van der Waals surface area contributed by atoms with E-state index in [-0.39, 0.29) is 5.97 Å². The average molecular weight is 402 g/mol. The van der Waals surface area contributed by atoms with E-state index in [1.807, 2.05) is 48.4 Å². The Morgan fingerprint density at radius 1 is 1.30 bits per heavy atom. The molecular weight excluding hydrogens is 376 g/mol. The number of hydrogen-bond acceptors (Lipinski definition) is 5. The highest BCUT2D eigenvalue weighted by atomic mass is 16.5. The number of hydrogen-bond donors (Lipinski definition) is 1. The van der Waals surface area contributed by atoms with Crippen LogP contribution in [0.25, 0.3) is 5.57 Å². The normalized spacial score (nSPS) is 19.2. The fourth-order valence-corrected chi connectivity index (χ4v) is 4.03. The van der Waals surface area contributed by atoms with Gasteiger partial charge in [0.2, 0.25) is 0 Å². The Hall–Kier alpha value is -3.34. The van der Waals surface area contributed by atoms with Crippen LogP contribution in [0.5, 0.6) is 0 Å². The summed E-state index contributed by atoms with van der Waals surface area (Å²) in [6, 6.07) is 7.99. The van der Waals surface area contributed by atoms with Crippen LogP contribution >= 0.6 is 0 Å². The van der Waals surface area contributed by atoms with Gasteiger partial charge in [0, 0.05) is 6.20 Å². The van der Waals surface area contributed by atoms with Crippen LogP contribution < -0.4 is 0 Å². The van der Waals surface area contributed by atoms with E-state index < -0.39 is 0 Å². The number of carbonyl (C=O) groups excluding carboxylic acids is 1. The van der Waals surface area contributed by atoms with Gasteiger partial charge in [-0.15, -0.1) is 0 Å². The molecule has 1 saturated carbocycles. The van der Waals surface area contributed by atoms with Gasteiger partial charge in [-0.05, 0) is 79.5 Å². The molecule has 1 aliphatic carbocycles. The third kappa shape index (κ3) is 3.41. The summed E-state index contributed by atoms with van der Waals surface area (Å²) in [5.74, 6) is 0.144. The molecule has 1 aromatic carbocycles. The molecule has 3 aliphatic rings. The predicted octanol–water partition coefficient (Wildman–Crippen LogP) is 5.17. The van der Waals surface area contributed by atoms with Crippen molar-refractivity contribution in [3.63, 3.8) is 0 Å². The molecule has 0 saturated heterocycles. The highest BCUT2D eigenvalue weighted by Crippen LogP contribution is 2.47. The number of nitrogens with zero attached hydrogens (tertiary/aromatic N) is 2. The number of benzene rings is 1. The lowest BCUT2D eigenvalue weighted by atomic mass is 9.87. The number of fused-ring (bicyclic) bond motifs is 1. The van der Waals surface area contributed by atoms with Crippen LogP contribution in [0.3, 0.4) is 0 Å². The van der Waals surface area contributed by atoms with Crippen molar-refractivity contribution >= 4 is 17.3 Å². The Morgan fingerprint density at radius 2 is 2.00 bits per heavy atom. The van der Waals surface area contributed by atoms with E-state index in [0.717, 1.165) is 40.8 Å². The second-order valence-electron chi connectivity index (χ2n) is 7.79. The van der Waals surface area contributed by atoms with E-state index >= 15 is 0 Å². The van der Waals surface area contributed by atoms with E-state index in [1.165, 1.54) is 5.57 Å². The minimum Gasteiger partial charge on any atom is -0.462 e. The maximum atomic E-state index is 12.5. The van der Waals surface area contributed by atoms with Crippen molar-refractivity contribution in [2.24, 2.45) is 11.1 Å². The minimum atomic E-state index is -0.322. The lowest BCUT2D eigenvalue weighted by Crippen LogP contribution is -2.28. The Bertz CT molecular complexity index is 1060. The van der Waals surface area contributed by atoms with Crippen LogP contribution in [0.1, 0.15) is 44.7 Å². The maximum Gasteiger partial charge on any atom is 0.340 e. The smallest absolute Gasteiger partial charge is 0.340 e. The number of esters is 1. The highest BCUT2D eigenvalue weighted by Gasteiger charge is 2.37. The predicted molar refractivity (Wildman–Crippen MR) is 118 cm³/mol. The molecule has 5 nitrogen and oxygen atoms in total. The Morgan fingerprint density at radius 3 is 2.60 bits per heavy atom. The number of allylic oxidation sites excluding steroid dienone is 5. The van der Waals surface area contributed by atoms with Crippen LogP contribution in [0.15, 0.2) is 82.5 Å². The Balaban J connectivity index is 1.80. The molecule has 5 heteroatoms. The van der Waals surface area contributed by atoms with Crippen LogP contribution in [0.4, 0.5) is 0 Å². The quantitative estimate of drug-likeness (QED) is 0.319. The van der Waals surface area contributed by atoms with Crippen LogP contribution in [-0.2, 0) is 9.53 Å². The summed E-state index contributed by atoms with van der Waals surface area (Å²) in [6.45, 7) is 10.2. The fraction of sp³-hybridized carbons (Fsp3) is 0.280. The Kier molecular flexibility index (Phi) is 5.20. The second kappa shape index (κ2) is 7.82. The van der Waals surface area contributed by atoms with Crippen LogP contribution in [0, 0.1) is 5.92 Å². The van der Waals surface area contributed by atoms with E-state index in [9.17, 15) is 4.79 Å². The lowest BCUT2D eigenvalue weighted by Gasteiger charge is -2.36. The maximum absolute atomic E-state index is 12.5. The summed E-state index contributed by atoms with van der Waals surface area (Å²) in [4.78, 5) is 14.5. The summed E-state index contributed by atoms with van der Waals surface area (Å²) in [7, 11) is 0. The average Bonchev–Trinajstić information content (AvgIpc) is 3.59. The molecule has 0 aromatic heterocycles. The van der Waals surface area contributed by atoms with Crippen molar-refractivity contribution in [1.29, 1.82) is 0 Å². The minimum absolute atomic E-state index is 0.322. The van der Waals surface area contributed by atoms with Gasteiger partial charge in [-0.1, -0.05) is 36.0 Å². The standard InChI is InChI=1S/C25H26N2O3/c1-5-30-25(28)22-14-23(20-10-11-20)24-15(2)21(12-13-27(24)17(22)4)19-8-6-18(7-9-19)16(3)26-29/h6-9,12-14,20,29H,4-5,10-11H2,1-3H3/b26-16+. The van der Waals surface area contributed by atoms with Crippen molar-refractivity contribution in [1.82, 2.24) is 4.90 Å². The molecule has 0 unspecified atom stereocenters. The molecule has 1 N–H and O–H groups in total. The number of ether oxygens (including phenoxy) is 1. The van der Waals surface area contributed by atoms with Gasteiger partial charge < -0.3 is 14.8 Å². The molecule has 0 atom stereocenters. The zero-order valence-corrected chi connectivity index (χ0v) is 17.6. The first-order chi connectivity index (χ1) is 14.5. The summed E-state index contributed by atoms with van der Waals surface area (Å²) in [5, 5.41) is 12.3. The molecule has 0 amide bonds. The fourth-order valence-electron chi connectivity index (χ4n) is 4.03. The number of carbonyl (C=O) groups is 1. The van der Waals surface area contributed by atoms with Crippen molar-refractivity contribution in [2.45, 2.75) is 33.6 Å². The van der Waals surface area contributed by atoms with Gasteiger partial charge in [0.25, 0.3) is 0 Å². The molecule has 0 spiro atoms. The molecule has 154 valence electrons. The summed E-state index contributed by atoms with van der Waals surface area (Å²) in [5.41, 5.74) is 8.31. The van der Waals surface area contributed by atoms with Crippen LogP contribution in [0.2, 0.25) is 0 Å². The molecule has 4 rings (SSSR count). The molecule has 1 fully saturated rings. The lowest BCUT2D eigenvalue weighted by molar-refractivity contribution is -0.138. The zero-order chi connectivity index (χ0) is 21.4. The topological polar surface area (TPSA) is 62.1 Å². The van der Waals surface area contributed by atoms with Crippen molar-refractivity contribution < 1.29 is 14.7 Å². The first kappa shape index (κ1) is 20.0. The third-order valence-electron chi connectivity index (χ3n) is 5.84. The van der Waals surface area contributed by atoms with Crippen molar-refractivity contribution in [2.75, 3.05) is 6.61 Å². The van der Waals surface area contributed by atoms with Crippen molar-refractivity contribution in [3.05, 3.63) is 88.4 Å². The molecule has 2 heterocycles. The molecular formula is C25H26N2O3. The van der Waals surface area contributed by atoms with Gasteiger partial charge in [0.15, 0.2) is 0 Å². The van der Waals surface area contributed by atoms with Gasteiger partial charge in [-0.3, -0.25) is 0 Å². The van der Waals surface area contributed by atoms with Crippen molar-refractivity contribution in [3.8, 4) is 0 Å². The monoisotopic (exact) mass is 402 g/mol. The molecule has 0 radical (unpaired) electrons. The van der Waals surface area contributed by atoms with E-state index in [0.29, 0.717) is 29.5 Å². The molecule has 0 bridgehead atoms. The van der Waals surface area contributed by atoms with Gasteiger partial charge in [-0.2, -0.15) is 0 Å². The first-order valence-corrected chi connectivity index (χ1v) is 10.3. The summed E-state index contributed by atoms with van der Waals surface area (Å²) in [6.07, 6.45) is 8.29.